The maximum Gasteiger partial charge on any atom is 0.219 e. The maximum absolute atomic E-state index is 10.8. The molecule has 1 unspecified atom stereocenters. The fourth-order valence-electron chi connectivity index (χ4n) is 0.921. The van der Waals surface area contributed by atoms with E-state index in [4.69, 9.17) is 5.73 Å². The van der Waals surface area contributed by atoms with Gasteiger partial charge in [0.2, 0.25) is 5.91 Å². The zero-order valence-corrected chi connectivity index (χ0v) is 8.10. The summed E-state index contributed by atoms with van der Waals surface area (Å²) >= 11 is 0. The average molecular weight is 172 g/mol. The Kier molecular flexibility index (Phi) is 6.76. The van der Waals surface area contributed by atoms with Gasteiger partial charge in [-0.2, -0.15) is 0 Å². The zero-order valence-electron chi connectivity index (χ0n) is 8.10. The van der Waals surface area contributed by atoms with E-state index >= 15 is 0 Å². The van der Waals surface area contributed by atoms with Gasteiger partial charge in [0.05, 0.1) is 0 Å². The molecule has 0 spiro atoms. The summed E-state index contributed by atoms with van der Waals surface area (Å²) in [4.78, 5) is 10.8. The van der Waals surface area contributed by atoms with Crippen LogP contribution < -0.4 is 11.1 Å². The van der Waals surface area contributed by atoms with Crippen molar-refractivity contribution in [1.29, 1.82) is 0 Å². The predicted molar refractivity (Wildman–Crippen MR) is 50.8 cm³/mol. The lowest BCUT2D eigenvalue weighted by atomic mass is 10.1. The molecule has 0 saturated heterocycles. The number of rotatable bonds is 6. The molecule has 0 heterocycles. The number of nitrogens with two attached hydrogens (primary N) is 1. The molecule has 0 rings (SSSR count). The molecule has 0 aliphatic carbocycles. The molecule has 1 atom stereocenters. The summed E-state index contributed by atoms with van der Waals surface area (Å²) in [6, 6.07) is 0. The summed E-state index contributed by atoms with van der Waals surface area (Å²) in [5, 5.41) is 2.83. The number of nitrogens with one attached hydrogen (secondary N) is 1. The van der Waals surface area contributed by atoms with Crippen LogP contribution in [0.25, 0.3) is 0 Å². The third-order valence-corrected chi connectivity index (χ3v) is 1.92. The third-order valence-electron chi connectivity index (χ3n) is 1.92. The van der Waals surface area contributed by atoms with Crippen molar-refractivity contribution in [2.45, 2.75) is 33.1 Å². The lowest BCUT2D eigenvalue weighted by molar-refractivity contribution is -0.120. The van der Waals surface area contributed by atoms with E-state index in [1.54, 1.807) is 0 Å². The van der Waals surface area contributed by atoms with Crippen LogP contribution in [-0.2, 0) is 4.79 Å². The van der Waals surface area contributed by atoms with E-state index in [0.717, 1.165) is 25.9 Å². The molecule has 3 nitrogen and oxygen atoms in total. The van der Waals surface area contributed by atoms with Crippen molar-refractivity contribution in [2.24, 2.45) is 11.7 Å². The van der Waals surface area contributed by atoms with Gasteiger partial charge in [0.25, 0.3) is 0 Å². The molecule has 0 aromatic heterocycles. The Balaban J connectivity index is 3.15. The molecule has 3 N–H and O–H groups in total. The summed E-state index contributed by atoms with van der Waals surface area (Å²) in [5.41, 5.74) is 5.45. The van der Waals surface area contributed by atoms with Gasteiger partial charge in [0.15, 0.2) is 0 Å². The van der Waals surface area contributed by atoms with Crippen LogP contribution >= 0.6 is 0 Å². The number of carbonyl (C=O) groups is 1. The Bertz CT molecular complexity index is 126. The molecular formula is C9H20N2O. The van der Waals surface area contributed by atoms with Gasteiger partial charge >= 0.3 is 0 Å². The highest BCUT2D eigenvalue weighted by Gasteiger charge is 1.99. The topological polar surface area (TPSA) is 55.1 Å². The molecule has 0 saturated carbocycles. The Morgan fingerprint density at radius 3 is 2.75 bits per heavy atom. The highest BCUT2D eigenvalue weighted by Crippen LogP contribution is 2.01. The van der Waals surface area contributed by atoms with Crippen LogP contribution in [0.1, 0.15) is 33.1 Å². The van der Waals surface area contributed by atoms with Crippen LogP contribution in [0, 0.1) is 5.92 Å². The van der Waals surface area contributed by atoms with Crippen molar-refractivity contribution in [3.05, 3.63) is 0 Å². The van der Waals surface area contributed by atoms with Gasteiger partial charge in [-0.05, 0) is 25.3 Å². The minimum atomic E-state index is 0.135. The number of amides is 1. The van der Waals surface area contributed by atoms with E-state index in [9.17, 15) is 4.79 Å². The Labute approximate surface area is 74.7 Å². The summed E-state index contributed by atoms with van der Waals surface area (Å²) < 4.78 is 0. The Hall–Kier alpha value is -0.570. The van der Waals surface area contributed by atoms with Gasteiger partial charge in [-0.25, -0.2) is 0 Å². The van der Waals surface area contributed by atoms with Gasteiger partial charge in [-0.1, -0.05) is 13.8 Å². The lowest BCUT2D eigenvalue weighted by Crippen LogP contribution is -2.24. The molecule has 0 aliphatic heterocycles. The minimum Gasteiger partial charge on any atom is -0.356 e. The molecule has 0 bridgehead atoms. The van der Waals surface area contributed by atoms with E-state index in [1.807, 2.05) is 6.92 Å². The highest BCUT2D eigenvalue weighted by molar-refractivity contribution is 5.75. The lowest BCUT2D eigenvalue weighted by Gasteiger charge is -2.07. The molecule has 0 aliphatic rings. The van der Waals surface area contributed by atoms with Crippen molar-refractivity contribution in [3.8, 4) is 0 Å². The first-order valence-electron chi connectivity index (χ1n) is 4.67. The monoisotopic (exact) mass is 172 g/mol. The van der Waals surface area contributed by atoms with E-state index < -0.39 is 0 Å². The largest absolute Gasteiger partial charge is 0.356 e. The van der Waals surface area contributed by atoms with Crippen molar-refractivity contribution in [3.63, 3.8) is 0 Å². The molecule has 12 heavy (non-hydrogen) atoms. The first kappa shape index (κ1) is 11.4. The molecule has 1 amide bonds. The Morgan fingerprint density at radius 1 is 1.58 bits per heavy atom. The summed E-state index contributed by atoms with van der Waals surface area (Å²) in [5.74, 6) is 0.707. The van der Waals surface area contributed by atoms with E-state index in [-0.39, 0.29) is 5.91 Å². The fourth-order valence-corrected chi connectivity index (χ4v) is 0.921. The molecule has 0 fully saturated rings. The summed E-state index contributed by atoms with van der Waals surface area (Å²) in [6.07, 6.45) is 2.71. The number of hydrogen-bond acceptors (Lipinski definition) is 2. The molecular weight excluding hydrogens is 152 g/mol. The second kappa shape index (κ2) is 7.10. The van der Waals surface area contributed by atoms with Crippen LogP contribution in [0.4, 0.5) is 0 Å². The second-order valence-electron chi connectivity index (χ2n) is 3.19. The molecule has 3 heteroatoms. The van der Waals surface area contributed by atoms with Crippen molar-refractivity contribution in [1.82, 2.24) is 5.32 Å². The molecule has 0 aromatic carbocycles. The van der Waals surface area contributed by atoms with Crippen molar-refractivity contribution in [2.75, 3.05) is 13.1 Å². The minimum absolute atomic E-state index is 0.135. The van der Waals surface area contributed by atoms with Crippen LogP contribution in [0.15, 0.2) is 0 Å². The second-order valence-corrected chi connectivity index (χ2v) is 3.19. The third kappa shape index (κ3) is 6.16. The SMILES string of the molecule is CCC(=O)NCCCC(C)CN. The van der Waals surface area contributed by atoms with Gasteiger partial charge in [-0.15, -0.1) is 0 Å². The molecule has 0 aromatic rings. The predicted octanol–water partition coefficient (Wildman–Crippen LogP) is 0.888. The first-order chi connectivity index (χ1) is 5.70. The summed E-state index contributed by atoms with van der Waals surface area (Å²) in [6.45, 7) is 5.51. The smallest absolute Gasteiger partial charge is 0.219 e. The number of carbonyl (C=O) groups excluding carboxylic acids is 1. The quantitative estimate of drug-likeness (QED) is 0.584. The maximum atomic E-state index is 10.8. The van der Waals surface area contributed by atoms with E-state index in [0.29, 0.717) is 12.3 Å². The van der Waals surface area contributed by atoms with E-state index in [2.05, 4.69) is 12.2 Å². The van der Waals surface area contributed by atoms with Gasteiger partial charge in [-0.3, -0.25) is 4.79 Å². The van der Waals surface area contributed by atoms with Crippen LogP contribution in [0.5, 0.6) is 0 Å². The van der Waals surface area contributed by atoms with Crippen molar-refractivity contribution < 1.29 is 4.79 Å². The first-order valence-corrected chi connectivity index (χ1v) is 4.67. The summed E-state index contributed by atoms with van der Waals surface area (Å²) in [7, 11) is 0. The van der Waals surface area contributed by atoms with Gasteiger partial charge in [0, 0.05) is 13.0 Å². The molecule has 0 radical (unpaired) electrons. The fraction of sp³-hybridized carbons (Fsp3) is 0.889. The van der Waals surface area contributed by atoms with Crippen LogP contribution in [0.2, 0.25) is 0 Å². The van der Waals surface area contributed by atoms with Gasteiger partial charge in [0.1, 0.15) is 0 Å². The highest BCUT2D eigenvalue weighted by atomic mass is 16.1. The molecule has 72 valence electrons. The van der Waals surface area contributed by atoms with Gasteiger partial charge < -0.3 is 11.1 Å². The van der Waals surface area contributed by atoms with Crippen molar-refractivity contribution >= 4 is 5.91 Å². The van der Waals surface area contributed by atoms with E-state index in [1.165, 1.54) is 0 Å². The Morgan fingerprint density at radius 2 is 2.25 bits per heavy atom. The standard InChI is InChI=1S/C9H20N2O/c1-3-9(12)11-6-4-5-8(2)7-10/h8H,3-7,10H2,1-2H3,(H,11,12). The number of hydrogen-bond donors (Lipinski definition) is 2. The zero-order chi connectivity index (χ0) is 9.40. The average Bonchev–Trinajstić information content (AvgIpc) is 2.11. The normalized spacial score (nSPS) is 12.6. The van der Waals surface area contributed by atoms with Crippen LogP contribution in [-0.4, -0.2) is 19.0 Å². The van der Waals surface area contributed by atoms with Crippen LogP contribution in [0.3, 0.4) is 0 Å².